The van der Waals surface area contributed by atoms with Gasteiger partial charge in [-0.15, -0.1) is 0 Å². The van der Waals surface area contributed by atoms with E-state index in [2.05, 4.69) is 43.6 Å². The Kier molecular flexibility index (Phi) is 8.35. The standard InChI is InChI=1S/C21H28FN3O2.C2HF3O2/c1-20(2)11-16(12-21(3,4)25-20)24-19(26)23-13-15-8-7-14(10-17(15)22)18-6-5-9-27-18;3-2(4,5)1(6)7/h5-10,16,25H,11-13H2,1-4H3,(H2,23,24,26);(H,6,7). The van der Waals surface area contributed by atoms with Gasteiger partial charge in [-0.2, -0.15) is 13.2 Å². The third kappa shape index (κ3) is 8.36. The molecule has 1 aromatic heterocycles. The van der Waals surface area contributed by atoms with Gasteiger partial charge in [0.05, 0.1) is 6.26 Å². The second-order valence-electron chi connectivity index (χ2n) is 9.41. The summed E-state index contributed by atoms with van der Waals surface area (Å²) in [6, 6.07) is 8.22. The van der Waals surface area contributed by atoms with E-state index in [-0.39, 0.29) is 35.5 Å². The van der Waals surface area contributed by atoms with Crippen molar-refractivity contribution in [3.8, 4) is 11.3 Å². The van der Waals surface area contributed by atoms with Gasteiger partial charge in [-0.3, -0.25) is 0 Å². The molecule has 1 aliphatic heterocycles. The molecule has 0 bridgehead atoms. The quantitative estimate of drug-likeness (QED) is 0.463. The number of aliphatic carboxylic acids is 1. The Balaban J connectivity index is 0.000000509. The highest BCUT2D eigenvalue weighted by Gasteiger charge is 2.39. The molecule has 3 rings (SSSR count). The fraction of sp³-hybridized carbons (Fsp3) is 0.478. The third-order valence-electron chi connectivity index (χ3n) is 5.07. The maximum atomic E-state index is 14.3. The molecular weight excluding hydrogens is 458 g/mol. The van der Waals surface area contributed by atoms with Crippen molar-refractivity contribution >= 4 is 12.0 Å². The molecule has 1 aliphatic rings. The molecule has 2 amide bonds. The van der Waals surface area contributed by atoms with E-state index in [1.165, 1.54) is 6.07 Å². The molecule has 1 fully saturated rings. The van der Waals surface area contributed by atoms with Gasteiger partial charge >= 0.3 is 18.2 Å². The average molecular weight is 487 g/mol. The normalized spacial score (nSPS) is 17.3. The molecule has 0 radical (unpaired) electrons. The molecule has 2 aromatic rings. The number of alkyl halides is 3. The third-order valence-corrected chi connectivity index (χ3v) is 5.07. The van der Waals surface area contributed by atoms with Gasteiger partial charge in [-0.1, -0.05) is 12.1 Å². The minimum absolute atomic E-state index is 0.0481. The topological polar surface area (TPSA) is 104 Å². The summed E-state index contributed by atoms with van der Waals surface area (Å²) in [7, 11) is 0. The minimum atomic E-state index is -5.08. The summed E-state index contributed by atoms with van der Waals surface area (Å²) in [4.78, 5) is 21.2. The number of halogens is 4. The molecule has 34 heavy (non-hydrogen) atoms. The fourth-order valence-electron chi connectivity index (χ4n) is 4.12. The van der Waals surface area contributed by atoms with Crippen LogP contribution in [0.3, 0.4) is 0 Å². The predicted octanol–water partition coefficient (Wildman–Crippen LogP) is 4.83. The summed E-state index contributed by atoms with van der Waals surface area (Å²) in [5.74, 6) is -2.51. The number of carbonyl (C=O) groups is 2. The van der Waals surface area contributed by atoms with Crippen LogP contribution in [0.25, 0.3) is 11.3 Å². The summed E-state index contributed by atoms with van der Waals surface area (Å²) in [6.45, 7) is 8.67. The van der Waals surface area contributed by atoms with Crippen molar-refractivity contribution < 1.29 is 36.7 Å². The van der Waals surface area contributed by atoms with Crippen molar-refractivity contribution in [2.45, 2.75) is 70.4 Å². The Labute approximate surface area is 194 Å². The van der Waals surface area contributed by atoms with Crippen LogP contribution in [0.1, 0.15) is 46.1 Å². The lowest BCUT2D eigenvalue weighted by Gasteiger charge is -2.46. The second kappa shape index (κ2) is 10.5. The number of rotatable bonds is 4. The zero-order chi connectivity index (χ0) is 25.7. The Morgan fingerprint density at radius 2 is 1.74 bits per heavy atom. The van der Waals surface area contributed by atoms with E-state index >= 15 is 0 Å². The van der Waals surface area contributed by atoms with Crippen molar-refractivity contribution in [1.29, 1.82) is 0 Å². The summed E-state index contributed by atoms with van der Waals surface area (Å²) >= 11 is 0. The van der Waals surface area contributed by atoms with E-state index in [4.69, 9.17) is 14.3 Å². The van der Waals surface area contributed by atoms with Gasteiger partial charge in [0, 0.05) is 34.8 Å². The summed E-state index contributed by atoms with van der Waals surface area (Å²) in [6.07, 6.45) is -1.84. The number of carbonyl (C=O) groups excluding carboxylic acids is 1. The van der Waals surface area contributed by atoms with E-state index in [1.54, 1.807) is 30.5 Å². The molecule has 0 saturated carbocycles. The Morgan fingerprint density at radius 3 is 2.21 bits per heavy atom. The van der Waals surface area contributed by atoms with Gasteiger partial charge in [0.1, 0.15) is 11.6 Å². The Morgan fingerprint density at radius 1 is 1.15 bits per heavy atom. The number of amides is 2. The molecule has 1 saturated heterocycles. The molecule has 1 aromatic carbocycles. The van der Waals surface area contributed by atoms with Crippen LogP contribution in [0, 0.1) is 5.82 Å². The van der Waals surface area contributed by atoms with Gasteiger partial charge in [-0.25, -0.2) is 14.0 Å². The van der Waals surface area contributed by atoms with Crippen molar-refractivity contribution in [1.82, 2.24) is 16.0 Å². The van der Waals surface area contributed by atoms with Gasteiger partial charge in [-0.05, 0) is 58.7 Å². The lowest BCUT2D eigenvalue weighted by molar-refractivity contribution is -0.192. The van der Waals surface area contributed by atoms with Crippen LogP contribution in [-0.2, 0) is 11.3 Å². The highest BCUT2D eigenvalue weighted by atomic mass is 19.4. The van der Waals surface area contributed by atoms with E-state index in [0.29, 0.717) is 16.9 Å². The number of hydrogen-bond acceptors (Lipinski definition) is 4. The molecule has 11 heteroatoms. The maximum Gasteiger partial charge on any atom is 0.490 e. The largest absolute Gasteiger partial charge is 0.490 e. The summed E-state index contributed by atoms with van der Waals surface area (Å²) in [5.41, 5.74) is 1.01. The number of nitrogens with one attached hydrogen (secondary N) is 3. The smallest absolute Gasteiger partial charge is 0.475 e. The number of carboxylic acid groups (broad SMARTS) is 1. The van der Waals surface area contributed by atoms with Gasteiger partial charge in [0.15, 0.2) is 0 Å². The monoisotopic (exact) mass is 487 g/mol. The fourth-order valence-corrected chi connectivity index (χ4v) is 4.12. The molecule has 0 spiro atoms. The van der Waals surface area contributed by atoms with Crippen LogP contribution in [-0.4, -0.2) is 40.4 Å². The van der Waals surface area contributed by atoms with Gasteiger partial charge in [0.25, 0.3) is 0 Å². The molecule has 4 N–H and O–H groups in total. The van der Waals surface area contributed by atoms with Crippen LogP contribution in [0.5, 0.6) is 0 Å². The zero-order valence-corrected chi connectivity index (χ0v) is 19.3. The number of urea groups is 1. The first-order valence-electron chi connectivity index (χ1n) is 10.5. The molecule has 188 valence electrons. The minimum Gasteiger partial charge on any atom is -0.475 e. The van der Waals surface area contributed by atoms with Crippen molar-refractivity contribution in [2.24, 2.45) is 0 Å². The first kappa shape index (κ1) is 27.2. The molecule has 0 atom stereocenters. The molecule has 0 unspecified atom stereocenters. The summed E-state index contributed by atoms with van der Waals surface area (Å²) in [5, 5.41) is 16.5. The lowest BCUT2D eigenvalue weighted by atomic mass is 9.80. The van der Waals surface area contributed by atoms with Gasteiger partial charge in [0.2, 0.25) is 0 Å². The van der Waals surface area contributed by atoms with Crippen molar-refractivity contribution in [3.63, 3.8) is 0 Å². The second-order valence-corrected chi connectivity index (χ2v) is 9.41. The zero-order valence-electron chi connectivity index (χ0n) is 19.3. The van der Waals surface area contributed by atoms with Crippen LogP contribution >= 0.6 is 0 Å². The first-order chi connectivity index (χ1) is 15.6. The van der Waals surface area contributed by atoms with Crippen molar-refractivity contribution in [3.05, 3.63) is 48.0 Å². The highest BCUT2D eigenvalue weighted by Crippen LogP contribution is 2.28. The number of benzene rings is 1. The lowest BCUT2D eigenvalue weighted by Crippen LogP contribution is -2.62. The molecular formula is C23H29F4N3O4. The van der Waals surface area contributed by atoms with E-state index < -0.39 is 12.1 Å². The number of piperidine rings is 1. The van der Waals surface area contributed by atoms with Crippen LogP contribution in [0.2, 0.25) is 0 Å². The highest BCUT2D eigenvalue weighted by molar-refractivity contribution is 5.74. The van der Waals surface area contributed by atoms with Crippen LogP contribution in [0.15, 0.2) is 41.0 Å². The van der Waals surface area contributed by atoms with Crippen LogP contribution < -0.4 is 16.0 Å². The molecule has 7 nitrogen and oxygen atoms in total. The van der Waals surface area contributed by atoms with Crippen molar-refractivity contribution in [2.75, 3.05) is 0 Å². The van der Waals surface area contributed by atoms with Crippen LogP contribution in [0.4, 0.5) is 22.4 Å². The predicted molar refractivity (Wildman–Crippen MR) is 117 cm³/mol. The number of furan rings is 1. The average Bonchev–Trinajstić information content (AvgIpc) is 3.19. The van der Waals surface area contributed by atoms with E-state index in [1.807, 2.05) is 0 Å². The molecule has 0 aliphatic carbocycles. The first-order valence-corrected chi connectivity index (χ1v) is 10.5. The Hall–Kier alpha value is -3.08. The maximum absolute atomic E-state index is 14.3. The summed E-state index contributed by atoms with van der Waals surface area (Å²) < 4.78 is 51.3. The van der Waals surface area contributed by atoms with E-state index in [9.17, 15) is 22.4 Å². The SMILES string of the molecule is CC1(C)CC(NC(=O)NCc2ccc(-c3ccco3)cc2F)CC(C)(C)N1.O=C(O)C(F)(F)F. The molecule has 2 heterocycles. The van der Waals surface area contributed by atoms with Gasteiger partial charge < -0.3 is 25.5 Å². The number of carboxylic acids is 1. The Bertz CT molecular complexity index is 973. The number of hydrogen-bond donors (Lipinski definition) is 4. The van der Waals surface area contributed by atoms with E-state index in [0.717, 1.165) is 12.8 Å².